The summed E-state index contributed by atoms with van der Waals surface area (Å²) in [5.41, 5.74) is 0.750. The van der Waals surface area contributed by atoms with Crippen LogP contribution in [0.4, 0.5) is 5.69 Å². The summed E-state index contributed by atoms with van der Waals surface area (Å²) in [6.45, 7) is 5.44. The van der Waals surface area contributed by atoms with Crippen molar-refractivity contribution in [3.05, 3.63) is 38.3 Å². The first-order valence-corrected chi connectivity index (χ1v) is 7.98. The van der Waals surface area contributed by atoms with Gasteiger partial charge >= 0.3 is 0 Å². The average molecular weight is 371 g/mol. The monoisotopic (exact) mass is 370 g/mol. The van der Waals surface area contributed by atoms with Crippen molar-refractivity contribution in [3.8, 4) is 0 Å². The summed E-state index contributed by atoms with van der Waals surface area (Å²) in [6, 6.07) is 4.44. The second kappa shape index (κ2) is 8.21. The normalized spacial score (nSPS) is 15.5. The molecule has 0 spiro atoms. The first-order valence-electron chi connectivity index (χ1n) is 7.19. The minimum absolute atomic E-state index is 0.00902. The van der Waals surface area contributed by atoms with Crippen molar-refractivity contribution in [1.82, 2.24) is 15.5 Å². The summed E-state index contributed by atoms with van der Waals surface area (Å²) < 4.78 is 0.582. The lowest BCUT2D eigenvalue weighted by Crippen LogP contribution is -2.46. The van der Waals surface area contributed by atoms with Crippen molar-refractivity contribution < 1.29 is 9.72 Å². The maximum Gasteiger partial charge on any atom is 0.270 e. The lowest BCUT2D eigenvalue weighted by atomic mass is 10.1. The minimum Gasteiger partial charge on any atom is -0.355 e. The molecule has 1 heterocycles. The topological polar surface area (TPSA) is 87.5 Å². The molecule has 1 aliphatic rings. The van der Waals surface area contributed by atoms with Crippen LogP contribution in [0, 0.1) is 10.1 Å². The molecule has 1 aromatic carbocycles. The predicted molar refractivity (Wildman–Crippen MR) is 86.8 cm³/mol. The van der Waals surface area contributed by atoms with Gasteiger partial charge in [-0.2, -0.15) is 0 Å². The Morgan fingerprint density at radius 1 is 1.41 bits per heavy atom. The molecule has 1 amide bonds. The average Bonchev–Trinajstić information content (AvgIpc) is 2.50. The van der Waals surface area contributed by atoms with Crippen LogP contribution in [-0.2, 0) is 11.2 Å². The smallest absolute Gasteiger partial charge is 0.270 e. The van der Waals surface area contributed by atoms with Gasteiger partial charge in [-0.25, -0.2) is 0 Å². The number of piperazine rings is 1. The zero-order valence-electron chi connectivity index (χ0n) is 12.2. The van der Waals surface area contributed by atoms with E-state index < -0.39 is 4.92 Å². The first-order chi connectivity index (χ1) is 10.6. The van der Waals surface area contributed by atoms with E-state index in [9.17, 15) is 14.9 Å². The highest BCUT2D eigenvalue weighted by molar-refractivity contribution is 9.10. The number of non-ortho nitro benzene ring substituents is 1. The van der Waals surface area contributed by atoms with Crippen molar-refractivity contribution in [2.24, 2.45) is 0 Å². The molecule has 0 aliphatic carbocycles. The number of nitro benzene ring substituents is 1. The highest BCUT2D eigenvalue weighted by Crippen LogP contribution is 2.23. The van der Waals surface area contributed by atoms with E-state index in [1.54, 1.807) is 6.07 Å². The third kappa shape index (κ3) is 5.04. The van der Waals surface area contributed by atoms with Gasteiger partial charge in [0.1, 0.15) is 0 Å². The summed E-state index contributed by atoms with van der Waals surface area (Å²) >= 11 is 3.28. The lowest BCUT2D eigenvalue weighted by molar-refractivity contribution is -0.384. The van der Waals surface area contributed by atoms with E-state index in [1.807, 2.05) is 0 Å². The van der Waals surface area contributed by atoms with Crippen LogP contribution in [0.15, 0.2) is 22.7 Å². The number of amides is 1. The van der Waals surface area contributed by atoms with Crippen LogP contribution >= 0.6 is 15.9 Å². The molecule has 7 nitrogen and oxygen atoms in total. The van der Waals surface area contributed by atoms with Gasteiger partial charge in [-0.3, -0.25) is 19.8 Å². The quantitative estimate of drug-likeness (QED) is 0.574. The molecule has 1 aromatic rings. The molecule has 120 valence electrons. The lowest BCUT2D eigenvalue weighted by Gasteiger charge is -2.27. The van der Waals surface area contributed by atoms with Gasteiger partial charge in [0.2, 0.25) is 5.91 Å². The van der Waals surface area contributed by atoms with E-state index in [4.69, 9.17) is 0 Å². The highest BCUT2D eigenvalue weighted by atomic mass is 79.9. The van der Waals surface area contributed by atoms with E-state index in [2.05, 4.69) is 31.5 Å². The summed E-state index contributed by atoms with van der Waals surface area (Å²) in [5, 5.41) is 16.8. The van der Waals surface area contributed by atoms with Crippen molar-refractivity contribution in [2.45, 2.75) is 6.42 Å². The summed E-state index contributed by atoms with van der Waals surface area (Å²) in [4.78, 5) is 24.5. The van der Waals surface area contributed by atoms with Crippen LogP contribution in [0.3, 0.4) is 0 Å². The third-order valence-electron chi connectivity index (χ3n) is 3.56. The van der Waals surface area contributed by atoms with Crippen molar-refractivity contribution in [3.63, 3.8) is 0 Å². The van der Waals surface area contributed by atoms with Crippen LogP contribution in [0.25, 0.3) is 0 Å². The van der Waals surface area contributed by atoms with Crippen molar-refractivity contribution in [2.75, 3.05) is 39.3 Å². The van der Waals surface area contributed by atoms with Crippen LogP contribution in [0.2, 0.25) is 0 Å². The largest absolute Gasteiger partial charge is 0.355 e. The zero-order valence-corrected chi connectivity index (χ0v) is 13.8. The van der Waals surface area contributed by atoms with Crippen LogP contribution in [0.5, 0.6) is 0 Å². The number of rotatable bonds is 6. The second-order valence-electron chi connectivity index (χ2n) is 5.15. The molecule has 2 rings (SSSR count). The van der Waals surface area contributed by atoms with E-state index in [1.165, 1.54) is 12.1 Å². The molecule has 0 atom stereocenters. The fraction of sp³-hybridized carbons (Fsp3) is 0.500. The number of nitrogens with zero attached hydrogens (tertiary/aromatic N) is 2. The minimum atomic E-state index is -0.456. The Bertz CT molecular complexity index is 547. The molecule has 0 unspecified atom stereocenters. The van der Waals surface area contributed by atoms with E-state index >= 15 is 0 Å². The SMILES string of the molecule is O=C(Cc1ccc([N+](=O)[O-])cc1Br)NCCN1CCNCC1. The maximum atomic E-state index is 11.9. The number of carbonyl (C=O) groups excluding carboxylic acids is 1. The molecule has 1 fully saturated rings. The summed E-state index contributed by atoms with van der Waals surface area (Å²) in [5.74, 6) is -0.0790. The van der Waals surface area contributed by atoms with Gasteiger partial charge < -0.3 is 10.6 Å². The molecule has 0 aromatic heterocycles. The van der Waals surface area contributed by atoms with Gasteiger partial charge in [0.25, 0.3) is 5.69 Å². The Labute approximate surface area is 137 Å². The standard InChI is InChI=1S/C14H19BrN4O3/c15-13-10-12(19(21)22)2-1-11(13)9-14(20)17-5-8-18-6-3-16-4-7-18/h1-2,10,16H,3-9H2,(H,17,20). The molecular formula is C14H19BrN4O3. The van der Waals surface area contributed by atoms with Gasteiger partial charge in [-0.05, 0) is 5.56 Å². The number of hydrogen-bond acceptors (Lipinski definition) is 5. The van der Waals surface area contributed by atoms with Crippen LogP contribution < -0.4 is 10.6 Å². The van der Waals surface area contributed by atoms with E-state index in [0.717, 1.165) is 38.3 Å². The van der Waals surface area contributed by atoms with Gasteiger partial charge in [-0.15, -0.1) is 0 Å². The molecule has 22 heavy (non-hydrogen) atoms. The zero-order chi connectivity index (χ0) is 15.9. The van der Waals surface area contributed by atoms with Gasteiger partial charge in [0.15, 0.2) is 0 Å². The highest BCUT2D eigenvalue weighted by Gasteiger charge is 2.13. The molecule has 2 N–H and O–H groups in total. The Morgan fingerprint density at radius 3 is 2.77 bits per heavy atom. The number of hydrogen-bond donors (Lipinski definition) is 2. The molecule has 0 bridgehead atoms. The van der Waals surface area contributed by atoms with Crippen LogP contribution in [0.1, 0.15) is 5.56 Å². The van der Waals surface area contributed by atoms with Crippen molar-refractivity contribution in [1.29, 1.82) is 0 Å². The molecule has 8 heteroatoms. The Hall–Kier alpha value is -1.51. The fourth-order valence-corrected chi connectivity index (χ4v) is 2.82. The van der Waals surface area contributed by atoms with E-state index in [-0.39, 0.29) is 18.0 Å². The van der Waals surface area contributed by atoms with Gasteiger partial charge in [-0.1, -0.05) is 22.0 Å². The second-order valence-corrected chi connectivity index (χ2v) is 6.01. The molecular weight excluding hydrogens is 352 g/mol. The fourth-order valence-electron chi connectivity index (χ4n) is 2.32. The Morgan fingerprint density at radius 2 is 2.14 bits per heavy atom. The predicted octanol–water partition coefficient (Wildman–Crippen LogP) is 0.921. The third-order valence-corrected chi connectivity index (χ3v) is 4.30. The molecule has 0 saturated carbocycles. The molecule has 1 saturated heterocycles. The van der Waals surface area contributed by atoms with Crippen molar-refractivity contribution >= 4 is 27.5 Å². The maximum absolute atomic E-state index is 11.9. The van der Waals surface area contributed by atoms with Gasteiger partial charge in [0.05, 0.1) is 11.3 Å². The number of nitro groups is 1. The molecule has 1 aliphatic heterocycles. The number of carbonyl (C=O) groups is 1. The number of benzene rings is 1. The number of nitrogens with one attached hydrogen (secondary N) is 2. The Balaban J connectivity index is 1.77. The van der Waals surface area contributed by atoms with Gasteiger partial charge in [0, 0.05) is 55.9 Å². The summed E-state index contributed by atoms with van der Waals surface area (Å²) in [7, 11) is 0. The van der Waals surface area contributed by atoms with E-state index in [0.29, 0.717) is 11.0 Å². The summed E-state index contributed by atoms with van der Waals surface area (Å²) in [6.07, 6.45) is 0.208. The number of halogens is 1. The van der Waals surface area contributed by atoms with Crippen LogP contribution in [-0.4, -0.2) is 55.0 Å². The Kier molecular flexibility index (Phi) is 6.29. The first kappa shape index (κ1) is 16.9. The molecule has 0 radical (unpaired) electrons.